The highest BCUT2D eigenvalue weighted by Gasteiger charge is 2.21. The lowest BCUT2D eigenvalue weighted by atomic mass is 9.96. The smallest absolute Gasteiger partial charge is 0.310 e. The van der Waals surface area contributed by atoms with Crippen LogP contribution in [0.5, 0.6) is 0 Å². The predicted molar refractivity (Wildman–Crippen MR) is 53.5 cm³/mol. The third-order valence-corrected chi connectivity index (χ3v) is 2.10. The molecule has 0 fully saturated rings. The molecule has 3 nitrogen and oxygen atoms in total. The molecule has 0 aromatic rings. The van der Waals surface area contributed by atoms with Gasteiger partial charge in [-0.05, 0) is 18.9 Å². The topological polar surface area (TPSA) is 38.3 Å². The van der Waals surface area contributed by atoms with Gasteiger partial charge in [0.25, 0.3) is 0 Å². The van der Waals surface area contributed by atoms with Crippen molar-refractivity contribution in [3.8, 4) is 0 Å². The zero-order valence-corrected chi connectivity index (χ0v) is 9.09. The van der Waals surface area contributed by atoms with E-state index >= 15 is 0 Å². The fraction of sp³-hybridized carbons (Fsp3) is 0.900. The number of hydrogen-bond acceptors (Lipinski definition) is 3. The fourth-order valence-corrected chi connectivity index (χ4v) is 1.18. The molecule has 1 N–H and O–H groups in total. The van der Waals surface area contributed by atoms with Gasteiger partial charge in [-0.2, -0.15) is 0 Å². The van der Waals surface area contributed by atoms with Crippen molar-refractivity contribution in [3.63, 3.8) is 0 Å². The van der Waals surface area contributed by atoms with Gasteiger partial charge in [-0.15, -0.1) is 0 Å². The van der Waals surface area contributed by atoms with E-state index in [2.05, 4.69) is 12.2 Å². The third kappa shape index (κ3) is 4.88. The number of nitrogens with one attached hydrogen (secondary N) is 1. The number of methoxy groups -OCH3 is 1. The minimum atomic E-state index is -0.112. The molecule has 0 amide bonds. The number of ether oxygens (including phenoxy) is 1. The molecule has 0 aromatic heterocycles. The molecule has 0 spiro atoms. The molecule has 3 heteroatoms. The molecule has 0 saturated carbocycles. The normalized spacial score (nSPS) is 13.0. The van der Waals surface area contributed by atoms with E-state index in [0.29, 0.717) is 5.92 Å². The van der Waals surface area contributed by atoms with E-state index < -0.39 is 0 Å². The maximum Gasteiger partial charge on any atom is 0.310 e. The summed E-state index contributed by atoms with van der Waals surface area (Å²) >= 11 is 0. The van der Waals surface area contributed by atoms with Crippen molar-refractivity contribution in [2.24, 2.45) is 11.8 Å². The van der Waals surface area contributed by atoms with Gasteiger partial charge in [-0.3, -0.25) is 4.79 Å². The first-order chi connectivity index (χ1) is 6.13. The Hall–Kier alpha value is -0.570. The molecule has 0 aromatic carbocycles. The molecular weight excluding hydrogens is 166 g/mol. The Morgan fingerprint density at radius 3 is 2.46 bits per heavy atom. The van der Waals surface area contributed by atoms with Crippen LogP contribution in [0.1, 0.15) is 27.2 Å². The molecule has 0 bridgehead atoms. The molecule has 0 radical (unpaired) electrons. The van der Waals surface area contributed by atoms with Gasteiger partial charge in [0.1, 0.15) is 0 Å². The highest BCUT2D eigenvalue weighted by Crippen LogP contribution is 2.11. The largest absolute Gasteiger partial charge is 0.469 e. The highest BCUT2D eigenvalue weighted by molar-refractivity contribution is 5.72. The lowest BCUT2D eigenvalue weighted by Gasteiger charge is -2.18. The molecule has 0 saturated heterocycles. The summed E-state index contributed by atoms with van der Waals surface area (Å²) in [6.07, 6.45) is 1.09. The molecule has 13 heavy (non-hydrogen) atoms. The van der Waals surface area contributed by atoms with E-state index in [-0.39, 0.29) is 11.9 Å². The van der Waals surface area contributed by atoms with E-state index in [1.54, 1.807) is 0 Å². The van der Waals surface area contributed by atoms with Crippen molar-refractivity contribution in [1.29, 1.82) is 0 Å². The van der Waals surface area contributed by atoms with E-state index in [1.807, 2.05) is 13.8 Å². The van der Waals surface area contributed by atoms with Gasteiger partial charge in [0.15, 0.2) is 0 Å². The highest BCUT2D eigenvalue weighted by atomic mass is 16.5. The minimum Gasteiger partial charge on any atom is -0.469 e. The summed E-state index contributed by atoms with van der Waals surface area (Å²) in [7, 11) is 1.44. The Kier molecular flexibility index (Phi) is 6.59. The second-order valence-electron chi connectivity index (χ2n) is 3.58. The van der Waals surface area contributed by atoms with E-state index in [4.69, 9.17) is 4.74 Å². The molecule has 1 atom stereocenters. The summed E-state index contributed by atoms with van der Waals surface area (Å²) in [5.41, 5.74) is 0. The van der Waals surface area contributed by atoms with Gasteiger partial charge in [0.05, 0.1) is 13.0 Å². The van der Waals surface area contributed by atoms with Crippen molar-refractivity contribution >= 4 is 5.97 Å². The van der Waals surface area contributed by atoms with Crippen LogP contribution in [0.25, 0.3) is 0 Å². The molecule has 0 heterocycles. The lowest BCUT2D eigenvalue weighted by Crippen LogP contribution is -2.33. The number of carbonyl (C=O) groups is 1. The first kappa shape index (κ1) is 12.4. The van der Waals surface area contributed by atoms with Crippen LogP contribution in [0.15, 0.2) is 0 Å². The molecule has 78 valence electrons. The summed E-state index contributed by atoms with van der Waals surface area (Å²) in [6.45, 7) is 7.86. The SMILES string of the molecule is CCCNCC(C(=O)OC)C(C)C. The Bertz CT molecular complexity index is 146. The van der Waals surface area contributed by atoms with E-state index in [9.17, 15) is 4.79 Å². The second-order valence-corrected chi connectivity index (χ2v) is 3.58. The summed E-state index contributed by atoms with van der Waals surface area (Å²) < 4.78 is 4.73. The van der Waals surface area contributed by atoms with Crippen LogP contribution in [0.2, 0.25) is 0 Å². The molecule has 1 unspecified atom stereocenters. The molecule has 0 aliphatic rings. The maximum absolute atomic E-state index is 11.3. The van der Waals surface area contributed by atoms with Crippen LogP contribution in [0.3, 0.4) is 0 Å². The van der Waals surface area contributed by atoms with Gasteiger partial charge < -0.3 is 10.1 Å². The van der Waals surface area contributed by atoms with Gasteiger partial charge >= 0.3 is 5.97 Å². The van der Waals surface area contributed by atoms with E-state index in [1.165, 1.54) is 7.11 Å². The quantitative estimate of drug-likeness (QED) is 0.505. The number of esters is 1. The van der Waals surface area contributed by atoms with Crippen molar-refractivity contribution in [1.82, 2.24) is 5.32 Å². The average Bonchev–Trinajstić information content (AvgIpc) is 2.11. The Labute approximate surface area is 80.8 Å². The van der Waals surface area contributed by atoms with Gasteiger partial charge in [0.2, 0.25) is 0 Å². The third-order valence-electron chi connectivity index (χ3n) is 2.10. The second kappa shape index (κ2) is 6.89. The van der Waals surface area contributed by atoms with Gasteiger partial charge in [-0.25, -0.2) is 0 Å². The van der Waals surface area contributed by atoms with Crippen molar-refractivity contribution in [3.05, 3.63) is 0 Å². The Morgan fingerprint density at radius 2 is 2.08 bits per heavy atom. The fourth-order valence-electron chi connectivity index (χ4n) is 1.18. The maximum atomic E-state index is 11.3. The lowest BCUT2D eigenvalue weighted by molar-refractivity contribution is -0.146. The summed E-state index contributed by atoms with van der Waals surface area (Å²) in [6, 6.07) is 0. The van der Waals surface area contributed by atoms with Crippen LogP contribution >= 0.6 is 0 Å². The van der Waals surface area contributed by atoms with Gasteiger partial charge in [0, 0.05) is 6.54 Å². The number of carbonyl (C=O) groups excluding carboxylic acids is 1. The summed E-state index contributed by atoms with van der Waals surface area (Å²) in [5.74, 6) is 0.201. The van der Waals surface area contributed by atoms with Crippen molar-refractivity contribution in [2.75, 3.05) is 20.2 Å². The molecular formula is C10H21NO2. The van der Waals surface area contributed by atoms with Crippen molar-refractivity contribution < 1.29 is 9.53 Å². The molecule has 0 rings (SSSR count). The van der Waals surface area contributed by atoms with Crippen LogP contribution in [-0.4, -0.2) is 26.2 Å². The van der Waals surface area contributed by atoms with Gasteiger partial charge in [-0.1, -0.05) is 20.8 Å². The van der Waals surface area contributed by atoms with Crippen molar-refractivity contribution in [2.45, 2.75) is 27.2 Å². The molecule has 0 aliphatic heterocycles. The molecule has 0 aliphatic carbocycles. The summed E-state index contributed by atoms with van der Waals surface area (Å²) in [5, 5.41) is 3.23. The number of hydrogen-bond donors (Lipinski definition) is 1. The van der Waals surface area contributed by atoms with E-state index in [0.717, 1.165) is 19.5 Å². The predicted octanol–water partition coefficient (Wildman–Crippen LogP) is 1.43. The number of rotatable bonds is 6. The van der Waals surface area contributed by atoms with Crippen LogP contribution in [0, 0.1) is 11.8 Å². The van der Waals surface area contributed by atoms with Crippen LogP contribution in [-0.2, 0) is 9.53 Å². The first-order valence-electron chi connectivity index (χ1n) is 4.92. The van der Waals surface area contributed by atoms with Crippen LogP contribution < -0.4 is 5.32 Å². The Morgan fingerprint density at radius 1 is 1.46 bits per heavy atom. The summed E-state index contributed by atoms with van der Waals surface area (Å²) in [4.78, 5) is 11.3. The first-order valence-corrected chi connectivity index (χ1v) is 4.92. The Balaban J connectivity index is 3.88. The average molecular weight is 187 g/mol. The zero-order valence-electron chi connectivity index (χ0n) is 9.09. The monoisotopic (exact) mass is 187 g/mol. The minimum absolute atomic E-state index is 0.0171. The standard InChI is InChI=1S/C10H21NO2/c1-5-6-11-7-9(8(2)3)10(12)13-4/h8-9,11H,5-7H2,1-4H3. The zero-order chi connectivity index (χ0) is 10.3. The van der Waals surface area contributed by atoms with Crippen LogP contribution in [0.4, 0.5) is 0 Å².